The molecule has 2 aromatic rings. The number of carbonyl (C=O) groups is 1. The van der Waals surface area contributed by atoms with E-state index in [4.69, 9.17) is 4.74 Å². The Hall–Kier alpha value is -0.560. The molecule has 0 saturated heterocycles. The van der Waals surface area contributed by atoms with E-state index in [0.29, 0.717) is 6.42 Å². The molecule has 5 heteroatoms. The van der Waals surface area contributed by atoms with Gasteiger partial charge in [-0.25, -0.2) is 0 Å². The number of benzene rings is 1. The number of esters is 1. The van der Waals surface area contributed by atoms with Crippen molar-refractivity contribution in [3.63, 3.8) is 0 Å². The van der Waals surface area contributed by atoms with Crippen LogP contribution in [0.2, 0.25) is 0 Å². The van der Waals surface area contributed by atoms with Gasteiger partial charge in [0, 0.05) is 32.5 Å². The summed E-state index contributed by atoms with van der Waals surface area (Å²) in [6.45, 7) is 0.974. The number of rotatable bonds is 5. The molecule has 2 rings (SSSR count). The molecule has 0 aliphatic carbocycles. The van der Waals surface area contributed by atoms with Gasteiger partial charge in [0.2, 0.25) is 0 Å². The molecule has 0 aliphatic heterocycles. The number of aromatic nitrogens is 1. The second-order valence-electron chi connectivity index (χ2n) is 4.30. The Kier molecular flexibility index (Phi) is 5.27. The summed E-state index contributed by atoms with van der Waals surface area (Å²) < 4.78 is 9.13. The number of fused-ring (bicyclic) bond motifs is 1. The van der Waals surface area contributed by atoms with Gasteiger partial charge in [-0.15, -0.1) is 0 Å². The fraction of sp³-hybridized carbons (Fsp3) is 0.357. The number of hydrogen-bond acceptors (Lipinski definition) is 2. The van der Waals surface area contributed by atoms with Crippen molar-refractivity contribution in [2.75, 3.05) is 11.5 Å². The molecule has 3 nitrogen and oxygen atoms in total. The van der Waals surface area contributed by atoms with Crippen molar-refractivity contribution >= 4 is 55.4 Å². The minimum absolute atomic E-state index is 0.201. The van der Waals surface area contributed by atoms with Crippen molar-refractivity contribution in [1.29, 1.82) is 0 Å². The van der Waals surface area contributed by atoms with Gasteiger partial charge in [-0.1, -0.05) is 38.5 Å². The van der Waals surface area contributed by atoms with E-state index >= 15 is 0 Å². The minimum Gasteiger partial charge on any atom is -0.469 e. The van der Waals surface area contributed by atoms with Gasteiger partial charge >= 0.3 is 5.97 Å². The Morgan fingerprint density at radius 2 is 2.26 bits per heavy atom. The summed E-state index contributed by atoms with van der Waals surface area (Å²) in [5.41, 5.74) is 2.20. The lowest BCUT2D eigenvalue weighted by Gasteiger charge is -2.03. The molecule has 0 bridgehead atoms. The summed E-state index contributed by atoms with van der Waals surface area (Å²) in [7, 11) is 1.42. The van der Waals surface area contributed by atoms with Crippen molar-refractivity contribution in [2.45, 2.75) is 19.4 Å². The van der Waals surface area contributed by atoms with E-state index in [0.717, 1.165) is 32.8 Å². The first-order valence-corrected chi connectivity index (χ1v) is 8.37. The summed E-state index contributed by atoms with van der Waals surface area (Å²) >= 11 is 5.87. The van der Waals surface area contributed by atoms with Crippen LogP contribution in [0, 0.1) is 0 Å². The standard InChI is InChI=1S/C14H15BrINO2/c1-19-14(18)7-10-9-17(6-2-5-16)13-4-3-11(15)8-12(10)13/h3-4,8-9H,2,5-7H2,1H3. The highest BCUT2D eigenvalue weighted by molar-refractivity contribution is 14.1. The molecule has 0 saturated carbocycles. The van der Waals surface area contributed by atoms with Crippen molar-refractivity contribution in [3.05, 3.63) is 34.4 Å². The molecular weight excluding hydrogens is 421 g/mol. The zero-order valence-electron chi connectivity index (χ0n) is 10.7. The number of carbonyl (C=O) groups excluding carboxylic acids is 1. The number of nitrogens with zero attached hydrogens (tertiary/aromatic N) is 1. The van der Waals surface area contributed by atoms with E-state index in [1.165, 1.54) is 12.6 Å². The number of ether oxygens (including phenoxy) is 1. The molecule has 1 aromatic carbocycles. The SMILES string of the molecule is COC(=O)Cc1cn(CCCI)c2ccc(Br)cc12. The molecule has 0 spiro atoms. The van der Waals surface area contributed by atoms with Crippen LogP contribution in [0.15, 0.2) is 28.9 Å². The number of halogens is 2. The monoisotopic (exact) mass is 435 g/mol. The Morgan fingerprint density at radius 3 is 2.95 bits per heavy atom. The molecule has 1 aromatic heterocycles. The van der Waals surface area contributed by atoms with Crippen LogP contribution in [0.5, 0.6) is 0 Å². The van der Waals surface area contributed by atoms with Crippen LogP contribution in [-0.2, 0) is 22.5 Å². The van der Waals surface area contributed by atoms with Crippen molar-refractivity contribution in [3.8, 4) is 0 Å². The predicted molar refractivity (Wildman–Crippen MR) is 88.9 cm³/mol. The lowest BCUT2D eigenvalue weighted by atomic mass is 10.1. The third-order valence-electron chi connectivity index (χ3n) is 3.02. The Labute approximate surface area is 134 Å². The first-order chi connectivity index (χ1) is 9.15. The fourth-order valence-electron chi connectivity index (χ4n) is 2.13. The predicted octanol–water partition coefficient (Wildman–Crippen LogP) is 3.94. The van der Waals surface area contributed by atoms with Crippen molar-refractivity contribution in [1.82, 2.24) is 4.57 Å². The smallest absolute Gasteiger partial charge is 0.310 e. The second kappa shape index (κ2) is 6.74. The van der Waals surface area contributed by atoms with Gasteiger partial charge < -0.3 is 9.30 Å². The van der Waals surface area contributed by atoms with Crippen LogP contribution in [0.25, 0.3) is 10.9 Å². The van der Waals surface area contributed by atoms with E-state index in [-0.39, 0.29) is 5.97 Å². The van der Waals surface area contributed by atoms with Crippen LogP contribution < -0.4 is 0 Å². The molecule has 1 heterocycles. The third-order valence-corrected chi connectivity index (χ3v) is 4.28. The van der Waals surface area contributed by atoms with Crippen molar-refractivity contribution in [2.24, 2.45) is 0 Å². The van der Waals surface area contributed by atoms with E-state index in [1.807, 2.05) is 6.07 Å². The summed E-state index contributed by atoms with van der Waals surface area (Å²) in [6, 6.07) is 6.19. The zero-order chi connectivity index (χ0) is 13.8. The molecule has 0 aliphatic rings. The van der Waals surface area contributed by atoms with Crippen LogP contribution in [0.3, 0.4) is 0 Å². The Morgan fingerprint density at radius 1 is 1.47 bits per heavy atom. The molecule has 0 unspecified atom stereocenters. The quantitative estimate of drug-likeness (QED) is 0.404. The highest BCUT2D eigenvalue weighted by atomic mass is 127. The maximum absolute atomic E-state index is 11.5. The molecule has 0 fully saturated rings. The molecule has 102 valence electrons. The normalized spacial score (nSPS) is 10.9. The van der Waals surface area contributed by atoms with E-state index in [9.17, 15) is 4.79 Å². The molecule has 0 radical (unpaired) electrons. The fourth-order valence-corrected chi connectivity index (χ4v) is 2.83. The largest absolute Gasteiger partial charge is 0.469 e. The summed E-state index contributed by atoms with van der Waals surface area (Å²) in [5, 5.41) is 1.12. The molecule has 0 amide bonds. The zero-order valence-corrected chi connectivity index (χ0v) is 14.4. The first kappa shape index (κ1) is 14.8. The van der Waals surface area contributed by atoms with E-state index < -0.39 is 0 Å². The Balaban J connectivity index is 2.43. The molecule has 0 N–H and O–H groups in total. The molecule has 0 atom stereocenters. The van der Waals surface area contributed by atoms with Crippen LogP contribution in [0.4, 0.5) is 0 Å². The second-order valence-corrected chi connectivity index (χ2v) is 6.30. The van der Waals surface area contributed by atoms with Gasteiger partial charge in [0.15, 0.2) is 0 Å². The summed E-state index contributed by atoms with van der Waals surface area (Å²) in [5.74, 6) is -0.201. The highest BCUT2D eigenvalue weighted by Gasteiger charge is 2.12. The van der Waals surface area contributed by atoms with E-state index in [1.54, 1.807) is 0 Å². The van der Waals surface area contributed by atoms with Crippen LogP contribution in [0.1, 0.15) is 12.0 Å². The average molecular weight is 436 g/mol. The Bertz CT molecular complexity index is 594. The van der Waals surface area contributed by atoms with Crippen LogP contribution >= 0.6 is 38.5 Å². The third kappa shape index (κ3) is 3.51. The molecule has 19 heavy (non-hydrogen) atoms. The summed E-state index contributed by atoms with van der Waals surface area (Å²) in [6.07, 6.45) is 3.51. The van der Waals surface area contributed by atoms with Crippen LogP contribution in [-0.4, -0.2) is 22.1 Å². The number of aryl methyl sites for hydroxylation is 1. The number of methoxy groups -OCH3 is 1. The lowest BCUT2D eigenvalue weighted by molar-refractivity contribution is -0.139. The topological polar surface area (TPSA) is 31.2 Å². The highest BCUT2D eigenvalue weighted by Crippen LogP contribution is 2.26. The lowest BCUT2D eigenvalue weighted by Crippen LogP contribution is -2.04. The van der Waals surface area contributed by atoms with Crippen molar-refractivity contribution < 1.29 is 9.53 Å². The van der Waals surface area contributed by atoms with Gasteiger partial charge in [0.1, 0.15) is 0 Å². The van der Waals surface area contributed by atoms with Gasteiger partial charge in [0.05, 0.1) is 13.5 Å². The maximum atomic E-state index is 11.5. The van der Waals surface area contributed by atoms with Gasteiger partial charge in [-0.05, 0) is 30.2 Å². The number of alkyl halides is 1. The minimum atomic E-state index is -0.201. The maximum Gasteiger partial charge on any atom is 0.310 e. The van der Waals surface area contributed by atoms with Gasteiger partial charge in [-0.2, -0.15) is 0 Å². The van der Waals surface area contributed by atoms with Gasteiger partial charge in [0.25, 0.3) is 0 Å². The van der Waals surface area contributed by atoms with Gasteiger partial charge in [-0.3, -0.25) is 4.79 Å². The first-order valence-electron chi connectivity index (χ1n) is 6.05. The average Bonchev–Trinajstić information content (AvgIpc) is 2.73. The molecular formula is C14H15BrINO2. The summed E-state index contributed by atoms with van der Waals surface area (Å²) in [4.78, 5) is 11.5. The number of hydrogen-bond donors (Lipinski definition) is 0. The van der Waals surface area contributed by atoms with E-state index in [2.05, 4.69) is 61.4 Å².